The Morgan fingerprint density at radius 2 is 2.17 bits per heavy atom. The van der Waals surface area contributed by atoms with Crippen LogP contribution in [0.1, 0.15) is 30.9 Å². The summed E-state index contributed by atoms with van der Waals surface area (Å²) in [6.45, 7) is 7.98. The average molecular weight is 447 g/mol. The van der Waals surface area contributed by atoms with Gasteiger partial charge in [-0.1, -0.05) is 19.1 Å². The van der Waals surface area contributed by atoms with E-state index in [2.05, 4.69) is 35.9 Å². The fraction of sp³-hybridized carbons (Fsp3) is 0.611. The Bertz CT molecular complexity index is 537. The first kappa shape index (κ1) is 21.0. The van der Waals surface area contributed by atoms with E-state index in [0.717, 1.165) is 24.4 Å². The standard InChI is InChI=1S/C18H29N3O2.HI/c1-14-6-7-16(17(11-14)23-10-9-22-3)12-20-18(19)21-8-4-5-15(2)13-21;/h6-7,11,15H,4-5,8-10,12-13H2,1-3H3,(H2,19,20);1H. The number of ether oxygens (including phenoxy) is 2. The molecule has 6 heteroatoms. The first-order valence-electron chi connectivity index (χ1n) is 8.36. The van der Waals surface area contributed by atoms with Crippen LogP contribution >= 0.6 is 24.0 Å². The van der Waals surface area contributed by atoms with Crippen LogP contribution in [0.15, 0.2) is 23.2 Å². The Kier molecular flexibility index (Phi) is 9.43. The number of aryl methyl sites for hydroxylation is 1. The van der Waals surface area contributed by atoms with Crippen LogP contribution in [0.2, 0.25) is 0 Å². The number of methoxy groups -OCH3 is 1. The fourth-order valence-corrected chi connectivity index (χ4v) is 2.83. The smallest absolute Gasteiger partial charge is 0.191 e. The Morgan fingerprint density at radius 3 is 2.88 bits per heavy atom. The summed E-state index contributed by atoms with van der Waals surface area (Å²) in [5.41, 5.74) is 8.40. The lowest BCUT2D eigenvalue weighted by Crippen LogP contribution is -2.43. The molecule has 1 aromatic carbocycles. The molecule has 136 valence electrons. The van der Waals surface area contributed by atoms with E-state index >= 15 is 0 Å². The molecule has 0 saturated carbocycles. The summed E-state index contributed by atoms with van der Waals surface area (Å²) in [5.74, 6) is 2.19. The number of aliphatic imine (C=N–C) groups is 1. The van der Waals surface area contributed by atoms with Crippen molar-refractivity contribution in [1.29, 1.82) is 0 Å². The monoisotopic (exact) mass is 447 g/mol. The quantitative estimate of drug-likeness (QED) is 0.315. The second kappa shape index (κ2) is 10.8. The van der Waals surface area contributed by atoms with Gasteiger partial charge in [0.05, 0.1) is 13.2 Å². The summed E-state index contributed by atoms with van der Waals surface area (Å²) >= 11 is 0. The van der Waals surface area contributed by atoms with E-state index in [1.165, 1.54) is 18.4 Å². The van der Waals surface area contributed by atoms with Gasteiger partial charge in [-0.15, -0.1) is 24.0 Å². The Morgan fingerprint density at radius 1 is 1.38 bits per heavy atom. The van der Waals surface area contributed by atoms with Crippen LogP contribution in [-0.4, -0.2) is 44.3 Å². The van der Waals surface area contributed by atoms with E-state index in [9.17, 15) is 0 Å². The first-order chi connectivity index (χ1) is 11.1. The van der Waals surface area contributed by atoms with Gasteiger partial charge in [-0.3, -0.25) is 0 Å². The lowest BCUT2D eigenvalue weighted by molar-refractivity contribution is 0.145. The van der Waals surface area contributed by atoms with Crippen molar-refractivity contribution < 1.29 is 9.47 Å². The number of hydrogen-bond acceptors (Lipinski definition) is 3. The van der Waals surface area contributed by atoms with E-state index in [4.69, 9.17) is 15.2 Å². The predicted molar refractivity (Wildman–Crippen MR) is 109 cm³/mol. The van der Waals surface area contributed by atoms with Gasteiger partial charge in [-0.05, 0) is 37.3 Å². The van der Waals surface area contributed by atoms with Crippen molar-refractivity contribution in [3.63, 3.8) is 0 Å². The lowest BCUT2D eigenvalue weighted by atomic mass is 10.0. The highest BCUT2D eigenvalue weighted by Crippen LogP contribution is 2.22. The largest absolute Gasteiger partial charge is 0.491 e. The van der Waals surface area contributed by atoms with E-state index in [1.807, 2.05) is 6.07 Å². The van der Waals surface area contributed by atoms with Gasteiger partial charge in [-0.25, -0.2) is 4.99 Å². The Balaban J connectivity index is 0.00000288. The molecule has 0 spiro atoms. The van der Waals surface area contributed by atoms with Crippen molar-refractivity contribution in [2.75, 3.05) is 33.4 Å². The number of hydrogen-bond donors (Lipinski definition) is 1. The zero-order valence-corrected chi connectivity index (χ0v) is 17.3. The van der Waals surface area contributed by atoms with Crippen LogP contribution < -0.4 is 10.5 Å². The summed E-state index contributed by atoms with van der Waals surface area (Å²) in [6.07, 6.45) is 2.46. The average Bonchev–Trinajstić information content (AvgIpc) is 2.54. The van der Waals surface area contributed by atoms with E-state index in [-0.39, 0.29) is 24.0 Å². The van der Waals surface area contributed by atoms with Gasteiger partial charge in [0.2, 0.25) is 0 Å². The third kappa shape index (κ3) is 6.47. The van der Waals surface area contributed by atoms with E-state index < -0.39 is 0 Å². The molecule has 0 amide bonds. The first-order valence-corrected chi connectivity index (χ1v) is 8.36. The molecule has 2 N–H and O–H groups in total. The molecule has 1 aliphatic rings. The minimum atomic E-state index is 0. The maximum Gasteiger partial charge on any atom is 0.191 e. The molecule has 0 aromatic heterocycles. The number of rotatable bonds is 6. The second-order valence-electron chi connectivity index (χ2n) is 6.32. The van der Waals surface area contributed by atoms with Gasteiger partial charge in [0.15, 0.2) is 5.96 Å². The molecule has 24 heavy (non-hydrogen) atoms. The maximum absolute atomic E-state index is 6.18. The van der Waals surface area contributed by atoms with Crippen LogP contribution in [0.3, 0.4) is 0 Å². The molecule has 2 rings (SSSR count). The van der Waals surface area contributed by atoms with Crippen molar-refractivity contribution in [3.05, 3.63) is 29.3 Å². The van der Waals surface area contributed by atoms with Gasteiger partial charge in [0.25, 0.3) is 0 Å². The molecule has 1 saturated heterocycles. The number of nitrogens with zero attached hydrogens (tertiary/aromatic N) is 2. The fourth-order valence-electron chi connectivity index (χ4n) is 2.83. The van der Waals surface area contributed by atoms with Gasteiger partial charge >= 0.3 is 0 Å². The molecule has 1 fully saturated rings. The molecule has 1 atom stereocenters. The summed E-state index contributed by atoms with van der Waals surface area (Å²) in [7, 11) is 1.67. The third-order valence-corrected chi connectivity index (χ3v) is 4.16. The molecule has 1 aliphatic heterocycles. The van der Waals surface area contributed by atoms with Gasteiger partial charge in [-0.2, -0.15) is 0 Å². The molecular weight excluding hydrogens is 417 g/mol. The normalized spacial score (nSPS) is 18.2. The van der Waals surface area contributed by atoms with Crippen LogP contribution in [-0.2, 0) is 11.3 Å². The second-order valence-corrected chi connectivity index (χ2v) is 6.32. The number of benzene rings is 1. The van der Waals surface area contributed by atoms with Crippen LogP contribution in [0.25, 0.3) is 0 Å². The minimum absolute atomic E-state index is 0. The summed E-state index contributed by atoms with van der Waals surface area (Å²) in [4.78, 5) is 6.77. The van der Waals surface area contributed by atoms with Crippen molar-refractivity contribution >= 4 is 29.9 Å². The highest BCUT2D eigenvalue weighted by atomic mass is 127. The molecule has 1 unspecified atom stereocenters. The SMILES string of the molecule is COCCOc1cc(C)ccc1CN=C(N)N1CCCC(C)C1.I. The van der Waals surface area contributed by atoms with Gasteiger partial charge in [0, 0.05) is 25.8 Å². The molecular formula is C18H30IN3O2. The maximum atomic E-state index is 6.18. The predicted octanol–water partition coefficient (Wildman–Crippen LogP) is 3.18. The summed E-state index contributed by atoms with van der Waals surface area (Å²) in [6, 6.07) is 6.18. The van der Waals surface area contributed by atoms with Gasteiger partial charge < -0.3 is 20.1 Å². The summed E-state index contributed by atoms with van der Waals surface area (Å²) < 4.78 is 10.8. The van der Waals surface area contributed by atoms with E-state index in [1.54, 1.807) is 7.11 Å². The van der Waals surface area contributed by atoms with Crippen molar-refractivity contribution in [2.45, 2.75) is 33.2 Å². The van der Waals surface area contributed by atoms with Crippen LogP contribution in [0, 0.1) is 12.8 Å². The molecule has 0 aliphatic carbocycles. The minimum Gasteiger partial charge on any atom is -0.491 e. The van der Waals surface area contributed by atoms with Crippen molar-refractivity contribution in [2.24, 2.45) is 16.6 Å². The number of likely N-dealkylation sites (tertiary alicyclic amines) is 1. The molecule has 1 aromatic rings. The van der Waals surface area contributed by atoms with Crippen molar-refractivity contribution in [3.8, 4) is 5.75 Å². The van der Waals surface area contributed by atoms with Crippen LogP contribution in [0.5, 0.6) is 5.75 Å². The van der Waals surface area contributed by atoms with Crippen molar-refractivity contribution in [1.82, 2.24) is 4.90 Å². The lowest BCUT2D eigenvalue weighted by Gasteiger charge is -2.31. The number of guanidine groups is 1. The number of piperidine rings is 1. The topological polar surface area (TPSA) is 60.1 Å². The summed E-state index contributed by atoms with van der Waals surface area (Å²) in [5, 5.41) is 0. The zero-order valence-electron chi connectivity index (χ0n) is 15.0. The number of halogens is 1. The Hall–Kier alpha value is -1.02. The van der Waals surface area contributed by atoms with E-state index in [0.29, 0.717) is 31.6 Å². The molecule has 0 radical (unpaired) electrons. The highest BCUT2D eigenvalue weighted by molar-refractivity contribution is 14.0. The molecule has 5 nitrogen and oxygen atoms in total. The van der Waals surface area contributed by atoms with Gasteiger partial charge in [0.1, 0.15) is 12.4 Å². The highest BCUT2D eigenvalue weighted by Gasteiger charge is 2.17. The molecule has 0 bridgehead atoms. The zero-order chi connectivity index (χ0) is 16.7. The van der Waals surface area contributed by atoms with Crippen LogP contribution in [0.4, 0.5) is 0 Å². The Labute approximate surface area is 162 Å². The number of nitrogens with two attached hydrogens (primary N) is 1. The third-order valence-electron chi connectivity index (χ3n) is 4.16. The molecule has 1 heterocycles.